The van der Waals surface area contributed by atoms with Crippen molar-refractivity contribution >= 4 is 11.9 Å². The number of hydrogen-bond donors (Lipinski definition) is 3. The molecule has 120 valence electrons. The van der Waals surface area contributed by atoms with Crippen LogP contribution in [0.25, 0.3) is 0 Å². The van der Waals surface area contributed by atoms with Crippen LogP contribution >= 0.6 is 0 Å². The smallest absolute Gasteiger partial charge is 0.413 e. The zero-order valence-electron chi connectivity index (χ0n) is 13.3. The fraction of sp³-hybridized carbons (Fsp3) is 0.500. The Morgan fingerprint density at radius 3 is 2.82 bits per heavy atom. The van der Waals surface area contributed by atoms with E-state index in [9.17, 15) is 4.79 Å². The Hall–Kier alpha value is -2.35. The molecule has 0 aromatic carbocycles. The van der Waals surface area contributed by atoms with Gasteiger partial charge in [-0.3, -0.25) is 15.1 Å². The molecule has 0 bridgehead atoms. The van der Waals surface area contributed by atoms with Crippen molar-refractivity contribution in [3.63, 3.8) is 0 Å². The van der Waals surface area contributed by atoms with Crippen LogP contribution in [0.1, 0.15) is 32.0 Å². The summed E-state index contributed by atoms with van der Waals surface area (Å²) in [5.74, 6) is 0.534. The van der Waals surface area contributed by atoms with Gasteiger partial charge >= 0.3 is 6.09 Å². The van der Waals surface area contributed by atoms with Gasteiger partial charge in [-0.15, -0.1) is 0 Å². The van der Waals surface area contributed by atoms with Crippen LogP contribution in [0, 0.1) is 0 Å². The second-order valence-electron chi connectivity index (χ2n) is 5.95. The lowest BCUT2D eigenvalue weighted by atomic mass is 10.2. The van der Waals surface area contributed by atoms with Gasteiger partial charge in [-0.2, -0.15) is 10.2 Å². The summed E-state index contributed by atoms with van der Waals surface area (Å²) in [7, 11) is 1.89. The number of nitrogens with zero attached hydrogens (tertiary/aromatic N) is 3. The predicted octanol–water partition coefficient (Wildman–Crippen LogP) is 1.78. The highest BCUT2D eigenvalue weighted by atomic mass is 16.6. The van der Waals surface area contributed by atoms with E-state index in [-0.39, 0.29) is 0 Å². The maximum Gasteiger partial charge on any atom is 0.413 e. The molecule has 0 radical (unpaired) electrons. The molecule has 0 unspecified atom stereocenters. The van der Waals surface area contributed by atoms with Crippen LogP contribution in [0.3, 0.4) is 0 Å². The zero-order chi connectivity index (χ0) is 16.2. The summed E-state index contributed by atoms with van der Waals surface area (Å²) < 4.78 is 7.02. The molecule has 0 aliphatic rings. The van der Waals surface area contributed by atoms with Crippen molar-refractivity contribution in [2.24, 2.45) is 7.05 Å². The van der Waals surface area contributed by atoms with E-state index < -0.39 is 11.7 Å². The summed E-state index contributed by atoms with van der Waals surface area (Å²) in [4.78, 5) is 11.8. The number of aromatic nitrogens is 4. The molecule has 0 saturated carbocycles. The second kappa shape index (κ2) is 6.61. The van der Waals surface area contributed by atoms with Crippen LogP contribution in [0.15, 0.2) is 18.5 Å². The van der Waals surface area contributed by atoms with E-state index in [1.165, 1.54) is 0 Å². The quantitative estimate of drug-likeness (QED) is 0.782. The second-order valence-corrected chi connectivity index (χ2v) is 5.95. The largest absolute Gasteiger partial charge is 0.444 e. The minimum Gasteiger partial charge on any atom is -0.444 e. The van der Waals surface area contributed by atoms with Gasteiger partial charge in [0.15, 0.2) is 0 Å². The van der Waals surface area contributed by atoms with Gasteiger partial charge in [0, 0.05) is 31.9 Å². The Labute approximate surface area is 129 Å². The van der Waals surface area contributed by atoms with E-state index in [0.717, 1.165) is 11.3 Å². The average molecular weight is 306 g/mol. The summed E-state index contributed by atoms with van der Waals surface area (Å²) in [6, 6.07) is 1.95. The monoisotopic (exact) mass is 306 g/mol. The zero-order valence-corrected chi connectivity index (χ0v) is 13.3. The highest BCUT2D eigenvalue weighted by molar-refractivity contribution is 5.84. The highest BCUT2D eigenvalue weighted by Gasteiger charge is 2.17. The van der Waals surface area contributed by atoms with Crippen molar-refractivity contribution in [2.75, 3.05) is 5.32 Å². The van der Waals surface area contributed by atoms with E-state index >= 15 is 0 Å². The molecule has 0 saturated heterocycles. The maximum absolute atomic E-state index is 11.8. The Kier molecular flexibility index (Phi) is 4.81. The fourth-order valence-electron chi connectivity index (χ4n) is 1.86. The molecule has 2 aromatic heterocycles. The minimum atomic E-state index is -0.540. The molecule has 0 aliphatic carbocycles. The molecule has 8 heteroatoms. The van der Waals surface area contributed by atoms with Crippen molar-refractivity contribution in [1.29, 1.82) is 0 Å². The van der Waals surface area contributed by atoms with E-state index in [1.54, 1.807) is 12.4 Å². The first-order valence-electron chi connectivity index (χ1n) is 7.05. The lowest BCUT2D eigenvalue weighted by molar-refractivity contribution is 0.0635. The van der Waals surface area contributed by atoms with Crippen LogP contribution in [0.4, 0.5) is 10.6 Å². The van der Waals surface area contributed by atoms with E-state index in [0.29, 0.717) is 18.9 Å². The van der Waals surface area contributed by atoms with Crippen LogP contribution in [-0.4, -0.2) is 31.7 Å². The summed E-state index contributed by atoms with van der Waals surface area (Å²) in [5, 5.41) is 16.8. The summed E-state index contributed by atoms with van der Waals surface area (Å²) in [5.41, 5.74) is 1.39. The lowest BCUT2D eigenvalue weighted by Gasteiger charge is -2.19. The van der Waals surface area contributed by atoms with Crippen LogP contribution in [0.2, 0.25) is 0 Å². The average Bonchev–Trinajstić information content (AvgIpc) is 2.98. The molecule has 0 atom stereocenters. The first kappa shape index (κ1) is 16.0. The van der Waals surface area contributed by atoms with Crippen molar-refractivity contribution in [1.82, 2.24) is 25.3 Å². The molecule has 22 heavy (non-hydrogen) atoms. The Morgan fingerprint density at radius 2 is 2.18 bits per heavy atom. The third-order valence-corrected chi connectivity index (χ3v) is 2.89. The normalized spacial score (nSPS) is 11.5. The standard InChI is InChI=1S/C14H22N6O2/c1-14(2,3)22-13(21)18-12-10(8-16-19-12)7-15-9-11-5-6-17-20(11)4/h5-6,8,15H,7,9H2,1-4H3,(H2,16,18,19,21). The number of H-pyrrole nitrogens is 1. The lowest BCUT2D eigenvalue weighted by Crippen LogP contribution is -2.27. The molecule has 0 spiro atoms. The number of amides is 1. The summed E-state index contributed by atoms with van der Waals surface area (Å²) in [6.45, 7) is 6.68. The molecule has 0 aliphatic heterocycles. The van der Waals surface area contributed by atoms with Gasteiger partial charge in [-0.1, -0.05) is 0 Å². The first-order valence-corrected chi connectivity index (χ1v) is 7.05. The molecule has 2 aromatic rings. The fourth-order valence-corrected chi connectivity index (χ4v) is 1.86. The number of carbonyl (C=O) groups is 1. The highest BCUT2D eigenvalue weighted by Crippen LogP contribution is 2.14. The SMILES string of the molecule is Cn1nccc1CNCc1cn[nH]c1NC(=O)OC(C)(C)C. The molecular weight excluding hydrogens is 284 g/mol. The number of hydrogen-bond acceptors (Lipinski definition) is 5. The van der Waals surface area contributed by atoms with E-state index in [4.69, 9.17) is 4.74 Å². The third kappa shape index (κ3) is 4.59. The summed E-state index contributed by atoms with van der Waals surface area (Å²) in [6.07, 6.45) is 2.91. The number of ether oxygens (including phenoxy) is 1. The molecule has 2 rings (SSSR count). The van der Waals surface area contributed by atoms with Crippen LogP contribution in [0.5, 0.6) is 0 Å². The van der Waals surface area contributed by atoms with Crippen molar-refractivity contribution < 1.29 is 9.53 Å². The van der Waals surface area contributed by atoms with Crippen molar-refractivity contribution in [3.05, 3.63) is 29.7 Å². The van der Waals surface area contributed by atoms with E-state index in [1.807, 2.05) is 38.6 Å². The van der Waals surface area contributed by atoms with Gasteiger partial charge in [0.1, 0.15) is 11.4 Å². The topological polar surface area (TPSA) is 96.9 Å². The molecule has 0 fully saturated rings. The van der Waals surface area contributed by atoms with Crippen LogP contribution in [-0.2, 0) is 24.9 Å². The first-order chi connectivity index (χ1) is 10.3. The van der Waals surface area contributed by atoms with Gasteiger partial charge < -0.3 is 10.1 Å². The predicted molar refractivity (Wildman–Crippen MR) is 82.2 cm³/mol. The number of anilines is 1. The van der Waals surface area contributed by atoms with Gasteiger partial charge in [0.05, 0.1) is 11.9 Å². The molecule has 1 amide bonds. The van der Waals surface area contributed by atoms with Gasteiger partial charge in [0.25, 0.3) is 0 Å². The summed E-state index contributed by atoms with van der Waals surface area (Å²) >= 11 is 0. The minimum absolute atomic E-state index is 0.510. The number of nitrogens with one attached hydrogen (secondary N) is 3. The molecular formula is C14H22N6O2. The van der Waals surface area contributed by atoms with Crippen LogP contribution < -0.4 is 10.6 Å². The van der Waals surface area contributed by atoms with E-state index in [2.05, 4.69) is 25.9 Å². The Bertz CT molecular complexity index is 625. The van der Waals surface area contributed by atoms with Crippen molar-refractivity contribution in [2.45, 2.75) is 39.5 Å². The van der Waals surface area contributed by atoms with Gasteiger partial charge in [-0.05, 0) is 26.8 Å². The third-order valence-electron chi connectivity index (χ3n) is 2.89. The Balaban J connectivity index is 1.87. The number of rotatable bonds is 5. The Morgan fingerprint density at radius 1 is 1.41 bits per heavy atom. The van der Waals surface area contributed by atoms with Crippen molar-refractivity contribution in [3.8, 4) is 0 Å². The van der Waals surface area contributed by atoms with Gasteiger partial charge in [-0.25, -0.2) is 4.79 Å². The molecule has 3 N–H and O–H groups in total. The maximum atomic E-state index is 11.8. The number of aryl methyl sites for hydroxylation is 1. The molecule has 2 heterocycles. The number of aromatic amines is 1. The number of carbonyl (C=O) groups excluding carboxylic acids is 1. The van der Waals surface area contributed by atoms with Gasteiger partial charge in [0.2, 0.25) is 0 Å². The molecule has 8 nitrogen and oxygen atoms in total.